The van der Waals surface area contributed by atoms with Crippen molar-refractivity contribution in [2.24, 2.45) is 0 Å². The van der Waals surface area contributed by atoms with E-state index in [9.17, 15) is 21.6 Å². The van der Waals surface area contributed by atoms with Gasteiger partial charge < -0.3 is 0 Å². The minimum absolute atomic E-state index is 0.0610. The van der Waals surface area contributed by atoms with Gasteiger partial charge in [-0.25, -0.2) is 13.4 Å². The van der Waals surface area contributed by atoms with Gasteiger partial charge in [0.1, 0.15) is 0 Å². The van der Waals surface area contributed by atoms with Gasteiger partial charge in [0.25, 0.3) is 0 Å². The summed E-state index contributed by atoms with van der Waals surface area (Å²) in [5.41, 5.74) is 0.890. The highest BCUT2D eigenvalue weighted by atomic mass is 35.5. The number of fused-ring (bicyclic) bond motifs is 1. The van der Waals surface area contributed by atoms with Crippen LogP contribution >= 0.6 is 11.6 Å². The van der Waals surface area contributed by atoms with E-state index < -0.39 is 21.6 Å². The topological polar surface area (TPSA) is 47.0 Å². The molecule has 0 saturated carbocycles. The van der Waals surface area contributed by atoms with Crippen molar-refractivity contribution < 1.29 is 21.6 Å². The molecule has 33 heavy (non-hydrogen) atoms. The molecule has 0 aliphatic heterocycles. The van der Waals surface area contributed by atoms with Crippen LogP contribution in [-0.2, 0) is 16.0 Å². The van der Waals surface area contributed by atoms with Gasteiger partial charge in [0.05, 0.1) is 32.4 Å². The normalized spacial score (nSPS) is 12.3. The van der Waals surface area contributed by atoms with Crippen molar-refractivity contribution in [2.75, 3.05) is 5.75 Å². The highest BCUT2D eigenvalue weighted by molar-refractivity contribution is 7.91. The van der Waals surface area contributed by atoms with Crippen molar-refractivity contribution in [2.45, 2.75) is 24.9 Å². The van der Waals surface area contributed by atoms with Crippen LogP contribution in [0.1, 0.15) is 18.1 Å². The first-order chi connectivity index (χ1) is 15.5. The number of pyridine rings is 1. The molecule has 0 N–H and O–H groups in total. The summed E-state index contributed by atoms with van der Waals surface area (Å²) in [7, 11) is -3.75. The number of alkyl halides is 3. The molecule has 0 spiro atoms. The van der Waals surface area contributed by atoms with E-state index in [4.69, 9.17) is 11.6 Å². The van der Waals surface area contributed by atoms with Gasteiger partial charge in [-0.05, 0) is 36.2 Å². The van der Waals surface area contributed by atoms with E-state index in [1.165, 1.54) is 19.1 Å². The van der Waals surface area contributed by atoms with Crippen LogP contribution in [0.5, 0.6) is 0 Å². The third-order valence-corrected chi connectivity index (χ3v) is 7.65. The first kappa shape index (κ1) is 23.3. The summed E-state index contributed by atoms with van der Waals surface area (Å²) < 4.78 is 66.9. The Balaban J connectivity index is 2.12. The third-order valence-electron chi connectivity index (χ3n) is 5.48. The van der Waals surface area contributed by atoms with Crippen molar-refractivity contribution in [1.29, 1.82) is 0 Å². The Morgan fingerprint density at radius 2 is 1.67 bits per heavy atom. The summed E-state index contributed by atoms with van der Waals surface area (Å²) in [6.45, 7) is 3.18. The molecule has 0 aliphatic carbocycles. The minimum Gasteiger partial charge on any atom is -0.247 e. The Bertz CT molecular complexity index is 1470. The number of halogens is 4. The molecule has 1 aromatic heterocycles. The summed E-state index contributed by atoms with van der Waals surface area (Å²) in [6, 6.07) is 17.6. The first-order valence-electron chi connectivity index (χ1n) is 10.1. The van der Waals surface area contributed by atoms with E-state index in [0.717, 1.165) is 11.6 Å². The van der Waals surface area contributed by atoms with Crippen molar-refractivity contribution in [3.63, 3.8) is 0 Å². The molecule has 3 aromatic carbocycles. The van der Waals surface area contributed by atoms with Crippen LogP contribution in [0.15, 0.2) is 71.6 Å². The lowest BCUT2D eigenvalue weighted by atomic mass is 9.98. The van der Waals surface area contributed by atoms with Crippen molar-refractivity contribution >= 4 is 32.3 Å². The molecule has 0 aliphatic rings. The van der Waals surface area contributed by atoms with Crippen LogP contribution in [0, 0.1) is 6.92 Å². The minimum atomic E-state index is -4.62. The first-order valence-corrected chi connectivity index (χ1v) is 12.2. The van der Waals surface area contributed by atoms with Gasteiger partial charge in [0, 0.05) is 16.5 Å². The van der Waals surface area contributed by atoms with Crippen LogP contribution in [0.3, 0.4) is 0 Å². The maximum absolute atomic E-state index is 13.7. The smallest absolute Gasteiger partial charge is 0.247 e. The summed E-state index contributed by atoms with van der Waals surface area (Å²) >= 11 is 6.77. The second-order valence-electron chi connectivity index (χ2n) is 7.60. The zero-order valence-corrected chi connectivity index (χ0v) is 19.3. The van der Waals surface area contributed by atoms with E-state index in [-0.39, 0.29) is 32.4 Å². The van der Waals surface area contributed by atoms with Crippen molar-refractivity contribution in [3.8, 4) is 22.4 Å². The molecular formula is C25H19ClF3NO2S. The Morgan fingerprint density at radius 1 is 0.970 bits per heavy atom. The van der Waals surface area contributed by atoms with E-state index in [2.05, 4.69) is 4.98 Å². The second kappa shape index (κ2) is 8.47. The highest BCUT2D eigenvalue weighted by Crippen LogP contribution is 2.43. The summed E-state index contributed by atoms with van der Waals surface area (Å²) in [4.78, 5) is 4.29. The van der Waals surface area contributed by atoms with E-state index in [1.54, 1.807) is 25.1 Å². The Morgan fingerprint density at radius 3 is 2.30 bits per heavy atom. The van der Waals surface area contributed by atoms with Gasteiger partial charge in [0.2, 0.25) is 0 Å². The fraction of sp³-hybridized carbons (Fsp3) is 0.160. The Kier molecular flexibility index (Phi) is 5.97. The second-order valence-corrected chi connectivity index (χ2v) is 10.2. The average Bonchev–Trinajstić information content (AvgIpc) is 2.78. The molecule has 0 amide bonds. The van der Waals surface area contributed by atoms with Gasteiger partial charge in [-0.3, -0.25) is 0 Å². The number of aromatic nitrogens is 1. The fourth-order valence-electron chi connectivity index (χ4n) is 3.82. The van der Waals surface area contributed by atoms with E-state index >= 15 is 0 Å². The molecule has 0 radical (unpaired) electrons. The third kappa shape index (κ3) is 4.23. The average molecular weight is 490 g/mol. The SMILES string of the molecule is CCS(=O)(=O)c1ccc(-c2ccccc2)c(Cl)c1-c1nc2c(C(F)(F)F)cccc2cc1C. The monoisotopic (exact) mass is 489 g/mol. The predicted octanol–water partition coefficient (Wildman–Crippen LogP) is 7.34. The zero-order chi connectivity index (χ0) is 24.0. The molecule has 1 heterocycles. The van der Waals surface area contributed by atoms with E-state index in [1.807, 2.05) is 30.3 Å². The van der Waals surface area contributed by atoms with Gasteiger partial charge in [-0.1, -0.05) is 67.1 Å². The fourth-order valence-corrected chi connectivity index (χ4v) is 5.34. The number of para-hydroxylation sites is 1. The van der Waals surface area contributed by atoms with Crippen molar-refractivity contribution in [3.05, 3.63) is 82.9 Å². The lowest BCUT2D eigenvalue weighted by molar-refractivity contribution is -0.136. The number of aryl methyl sites for hydroxylation is 1. The van der Waals surface area contributed by atoms with Crippen LogP contribution in [-0.4, -0.2) is 19.2 Å². The van der Waals surface area contributed by atoms with Gasteiger partial charge >= 0.3 is 6.18 Å². The van der Waals surface area contributed by atoms with E-state index in [0.29, 0.717) is 16.5 Å². The molecular weight excluding hydrogens is 471 g/mol. The number of nitrogens with zero attached hydrogens (tertiary/aromatic N) is 1. The van der Waals surface area contributed by atoms with Gasteiger partial charge in [-0.15, -0.1) is 0 Å². The summed E-state index contributed by atoms with van der Waals surface area (Å²) in [5.74, 6) is -0.193. The van der Waals surface area contributed by atoms with Crippen LogP contribution in [0.4, 0.5) is 13.2 Å². The molecule has 3 nitrogen and oxygen atoms in total. The number of rotatable bonds is 4. The predicted molar refractivity (Wildman–Crippen MR) is 125 cm³/mol. The molecule has 0 fully saturated rings. The quantitative estimate of drug-likeness (QED) is 0.301. The molecule has 4 aromatic rings. The molecule has 0 saturated heterocycles. The standard InChI is InChI=1S/C25H19ClF3NO2S/c1-3-33(31,32)20-13-12-18(16-8-5-4-6-9-16)22(26)21(20)23-15(2)14-17-10-7-11-19(24(17)30-23)25(27,28)29/h4-14H,3H2,1-2H3. The van der Waals surface area contributed by atoms with Crippen LogP contribution < -0.4 is 0 Å². The number of benzene rings is 3. The van der Waals surface area contributed by atoms with Crippen molar-refractivity contribution in [1.82, 2.24) is 4.98 Å². The molecule has 0 unspecified atom stereocenters. The van der Waals surface area contributed by atoms with Gasteiger partial charge in [0.15, 0.2) is 9.84 Å². The largest absolute Gasteiger partial charge is 0.418 e. The highest BCUT2D eigenvalue weighted by Gasteiger charge is 2.34. The Labute approximate surface area is 194 Å². The zero-order valence-electron chi connectivity index (χ0n) is 17.7. The maximum atomic E-state index is 13.7. The van der Waals surface area contributed by atoms with Gasteiger partial charge in [-0.2, -0.15) is 13.2 Å². The van der Waals surface area contributed by atoms with Crippen LogP contribution in [0.2, 0.25) is 5.02 Å². The number of hydrogen-bond acceptors (Lipinski definition) is 3. The number of sulfone groups is 1. The lowest BCUT2D eigenvalue weighted by Gasteiger charge is -2.18. The van der Waals surface area contributed by atoms with Crippen LogP contribution in [0.25, 0.3) is 33.3 Å². The molecule has 0 bridgehead atoms. The summed E-state index contributed by atoms with van der Waals surface area (Å²) in [6.07, 6.45) is -4.62. The molecule has 170 valence electrons. The Hall–Kier alpha value is -2.90. The molecule has 8 heteroatoms. The number of hydrogen-bond donors (Lipinski definition) is 0. The molecule has 4 rings (SSSR count). The summed E-state index contributed by atoms with van der Waals surface area (Å²) in [5, 5.41) is 0.427. The lowest BCUT2D eigenvalue weighted by Crippen LogP contribution is -2.09. The molecule has 0 atom stereocenters. The maximum Gasteiger partial charge on any atom is 0.418 e.